The normalized spacial score (nSPS) is 12.0. The third kappa shape index (κ3) is 2.57. The number of rotatable bonds is 4. The highest BCUT2D eigenvalue weighted by Crippen LogP contribution is 2.18. The molecule has 0 aliphatic carbocycles. The Balaban J connectivity index is 4.79. The fourth-order valence-electron chi connectivity index (χ4n) is 1.10. The molecule has 0 atom stereocenters. The number of nitrogens with zero attached hydrogens (tertiary/aromatic N) is 1. The van der Waals surface area contributed by atoms with Crippen LogP contribution < -0.4 is 0 Å². The Bertz CT molecular complexity index is 209. The van der Waals surface area contributed by atoms with Gasteiger partial charge in [0.05, 0.1) is 0 Å². The third-order valence-corrected chi connectivity index (χ3v) is 2.02. The van der Waals surface area contributed by atoms with Gasteiger partial charge in [-0.25, -0.2) is 0 Å². The number of likely N-dealkylation sites (N-methyl/N-ethyl adjacent to an activating group) is 1. The maximum Gasteiger partial charge on any atom is 0.0323 e. The summed E-state index contributed by atoms with van der Waals surface area (Å²) in [5.41, 5.74) is 3.58. The zero-order valence-corrected chi connectivity index (χ0v) is 8.65. The molecule has 0 unspecified atom stereocenters. The summed E-state index contributed by atoms with van der Waals surface area (Å²) in [5.74, 6) is 0. The minimum atomic E-state index is 1.01. The highest BCUT2D eigenvalue weighted by Gasteiger charge is 2.04. The summed E-state index contributed by atoms with van der Waals surface area (Å²) in [5, 5.41) is 0. The standard InChI is InChI=1S/C11H19N/c1-7-9(3)11(8-2)10(4)12(5)6/h7H,1,4,8H2,2-3,5-6H3/b11-9-. The Morgan fingerprint density at radius 2 is 1.92 bits per heavy atom. The molecule has 0 aromatic rings. The molecule has 1 nitrogen and oxygen atoms in total. The van der Waals surface area contributed by atoms with Gasteiger partial charge in [-0.05, 0) is 24.5 Å². The van der Waals surface area contributed by atoms with Gasteiger partial charge < -0.3 is 4.90 Å². The van der Waals surface area contributed by atoms with Crippen molar-refractivity contribution >= 4 is 0 Å². The van der Waals surface area contributed by atoms with Crippen molar-refractivity contribution in [2.45, 2.75) is 20.3 Å². The second-order valence-corrected chi connectivity index (χ2v) is 3.06. The van der Waals surface area contributed by atoms with Crippen LogP contribution in [0.25, 0.3) is 0 Å². The number of hydrogen-bond donors (Lipinski definition) is 0. The second kappa shape index (κ2) is 4.81. The largest absolute Gasteiger partial charge is 0.378 e. The van der Waals surface area contributed by atoms with E-state index in [1.54, 1.807) is 0 Å². The lowest BCUT2D eigenvalue weighted by molar-refractivity contribution is 0.519. The highest BCUT2D eigenvalue weighted by molar-refractivity contribution is 5.35. The van der Waals surface area contributed by atoms with Gasteiger partial charge in [0.1, 0.15) is 0 Å². The summed E-state index contributed by atoms with van der Waals surface area (Å²) in [7, 11) is 4.02. The molecule has 0 aromatic heterocycles. The monoisotopic (exact) mass is 165 g/mol. The van der Waals surface area contributed by atoms with Gasteiger partial charge in [0.2, 0.25) is 0 Å². The minimum absolute atomic E-state index is 1.01. The van der Waals surface area contributed by atoms with E-state index < -0.39 is 0 Å². The SMILES string of the molecule is C=C/C(C)=C(/CC)C(=C)N(C)C. The van der Waals surface area contributed by atoms with Crippen molar-refractivity contribution in [1.29, 1.82) is 0 Å². The molecule has 0 aliphatic heterocycles. The summed E-state index contributed by atoms with van der Waals surface area (Å²) in [6, 6.07) is 0. The van der Waals surface area contributed by atoms with Crippen LogP contribution in [-0.4, -0.2) is 19.0 Å². The molecule has 12 heavy (non-hydrogen) atoms. The molecule has 0 spiro atoms. The van der Waals surface area contributed by atoms with Crippen molar-refractivity contribution in [1.82, 2.24) is 4.90 Å². The first-order valence-corrected chi connectivity index (χ1v) is 4.23. The van der Waals surface area contributed by atoms with Gasteiger partial charge in [-0.15, -0.1) is 0 Å². The predicted octanol–water partition coefficient (Wildman–Crippen LogP) is 2.97. The molecule has 68 valence electrons. The smallest absolute Gasteiger partial charge is 0.0323 e. The van der Waals surface area contributed by atoms with Crippen molar-refractivity contribution < 1.29 is 0 Å². The Morgan fingerprint density at radius 1 is 1.42 bits per heavy atom. The Labute approximate surface area is 76.1 Å². The summed E-state index contributed by atoms with van der Waals surface area (Å²) in [4.78, 5) is 2.03. The Morgan fingerprint density at radius 3 is 2.17 bits per heavy atom. The van der Waals surface area contributed by atoms with Gasteiger partial charge in [-0.2, -0.15) is 0 Å². The maximum atomic E-state index is 4.01. The van der Waals surface area contributed by atoms with Crippen LogP contribution in [-0.2, 0) is 0 Å². The van der Waals surface area contributed by atoms with Crippen molar-refractivity contribution in [3.8, 4) is 0 Å². The van der Waals surface area contributed by atoms with E-state index in [-0.39, 0.29) is 0 Å². The lowest BCUT2D eigenvalue weighted by atomic mass is 10.0. The zero-order valence-electron chi connectivity index (χ0n) is 8.65. The van der Waals surface area contributed by atoms with Gasteiger partial charge in [-0.3, -0.25) is 0 Å². The van der Waals surface area contributed by atoms with E-state index in [0.29, 0.717) is 0 Å². The molecule has 0 heterocycles. The molecule has 0 bridgehead atoms. The van der Waals surface area contributed by atoms with Gasteiger partial charge in [-0.1, -0.05) is 26.2 Å². The van der Waals surface area contributed by atoms with E-state index in [0.717, 1.165) is 12.1 Å². The summed E-state index contributed by atoms with van der Waals surface area (Å²) >= 11 is 0. The molecule has 0 N–H and O–H groups in total. The summed E-state index contributed by atoms with van der Waals surface area (Å²) in [6.07, 6.45) is 2.89. The van der Waals surface area contributed by atoms with Crippen molar-refractivity contribution in [3.63, 3.8) is 0 Å². The third-order valence-electron chi connectivity index (χ3n) is 2.02. The minimum Gasteiger partial charge on any atom is -0.378 e. The van der Waals surface area contributed by atoms with Gasteiger partial charge >= 0.3 is 0 Å². The fraction of sp³-hybridized carbons (Fsp3) is 0.455. The van der Waals surface area contributed by atoms with E-state index in [1.165, 1.54) is 11.1 Å². The van der Waals surface area contributed by atoms with Gasteiger partial charge in [0, 0.05) is 19.8 Å². The Hall–Kier alpha value is -0.980. The van der Waals surface area contributed by atoms with Crippen LogP contribution in [0.5, 0.6) is 0 Å². The molecule has 0 radical (unpaired) electrons. The first kappa shape index (κ1) is 11.0. The number of allylic oxidation sites excluding steroid dienone is 3. The molecule has 0 saturated carbocycles. The lowest BCUT2D eigenvalue weighted by Crippen LogP contribution is -2.12. The van der Waals surface area contributed by atoms with Crippen LogP contribution in [0.2, 0.25) is 0 Å². The van der Waals surface area contributed by atoms with Crippen LogP contribution in [0, 0.1) is 0 Å². The van der Waals surface area contributed by atoms with Gasteiger partial charge in [0.15, 0.2) is 0 Å². The lowest BCUT2D eigenvalue weighted by Gasteiger charge is -2.19. The Kier molecular flexibility index (Phi) is 4.42. The van der Waals surface area contributed by atoms with E-state index in [2.05, 4.69) is 27.0 Å². The molecular weight excluding hydrogens is 146 g/mol. The summed E-state index contributed by atoms with van der Waals surface area (Å²) < 4.78 is 0. The molecule has 0 fully saturated rings. The highest BCUT2D eigenvalue weighted by atomic mass is 15.1. The molecule has 0 aliphatic rings. The predicted molar refractivity (Wildman–Crippen MR) is 56.0 cm³/mol. The maximum absolute atomic E-state index is 4.01. The molecule has 0 amide bonds. The average Bonchev–Trinajstić information content (AvgIpc) is 2.05. The topological polar surface area (TPSA) is 3.24 Å². The zero-order chi connectivity index (χ0) is 9.72. The van der Waals surface area contributed by atoms with Crippen LogP contribution in [0.3, 0.4) is 0 Å². The molecule has 0 saturated heterocycles. The van der Waals surface area contributed by atoms with Crippen molar-refractivity contribution in [2.75, 3.05) is 14.1 Å². The summed E-state index contributed by atoms with van der Waals surface area (Å²) in [6.45, 7) is 12.0. The fourth-order valence-corrected chi connectivity index (χ4v) is 1.10. The van der Waals surface area contributed by atoms with E-state index in [1.807, 2.05) is 25.1 Å². The number of hydrogen-bond acceptors (Lipinski definition) is 1. The van der Waals surface area contributed by atoms with Crippen molar-refractivity contribution in [2.24, 2.45) is 0 Å². The molecule has 0 rings (SSSR count). The van der Waals surface area contributed by atoms with Crippen LogP contribution in [0.15, 0.2) is 36.1 Å². The molecule has 0 aromatic carbocycles. The second-order valence-electron chi connectivity index (χ2n) is 3.06. The van der Waals surface area contributed by atoms with E-state index >= 15 is 0 Å². The average molecular weight is 165 g/mol. The molecular formula is C11H19N. The van der Waals surface area contributed by atoms with Crippen LogP contribution in [0.1, 0.15) is 20.3 Å². The molecule has 1 heteroatoms. The van der Waals surface area contributed by atoms with Crippen LogP contribution >= 0.6 is 0 Å². The van der Waals surface area contributed by atoms with E-state index in [4.69, 9.17) is 0 Å². The first-order valence-electron chi connectivity index (χ1n) is 4.23. The van der Waals surface area contributed by atoms with Gasteiger partial charge in [0.25, 0.3) is 0 Å². The van der Waals surface area contributed by atoms with E-state index in [9.17, 15) is 0 Å². The first-order chi connectivity index (χ1) is 5.54. The quantitative estimate of drug-likeness (QED) is 0.579. The van der Waals surface area contributed by atoms with Crippen molar-refractivity contribution in [3.05, 3.63) is 36.1 Å². The van der Waals surface area contributed by atoms with Crippen LogP contribution in [0.4, 0.5) is 0 Å².